The Morgan fingerprint density at radius 1 is 1.04 bits per heavy atom. The van der Waals surface area contributed by atoms with Crippen molar-refractivity contribution >= 4 is 15.5 Å². The highest BCUT2D eigenvalue weighted by Gasteiger charge is 2.27. The Labute approximate surface area is 159 Å². The number of hydrogen-bond donors (Lipinski definition) is 1. The maximum atomic E-state index is 12.0. The molecule has 148 valence electrons. The summed E-state index contributed by atoms with van der Waals surface area (Å²) in [6, 6.07) is 8.70. The first-order valence-corrected chi connectivity index (χ1v) is 11.6. The van der Waals surface area contributed by atoms with Crippen LogP contribution in [0.1, 0.15) is 64.9 Å². The molecule has 0 spiro atoms. The summed E-state index contributed by atoms with van der Waals surface area (Å²) in [5.41, 5.74) is 2.55. The number of benzene rings is 1. The summed E-state index contributed by atoms with van der Waals surface area (Å²) in [6.07, 6.45) is 6.91. The van der Waals surface area contributed by atoms with Gasteiger partial charge in [-0.3, -0.25) is 0 Å². The van der Waals surface area contributed by atoms with Crippen LogP contribution in [0.5, 0.6) is 0 Å². The van der Waals surface area contributed by atoms with Crippen LogP contribution in [0.3, 0.4) is 0 Å². The van der Waals surface area contributed by atoms with E-state index in [0.717, 1.165) is 58.0 Å². The maximum Gasteiger partial charge on any atom is 0.155 e. The van der Waals surface area contributed by atoms with E-state index in [9.17, 15) is 13.5 Å². The first-order chi connectivity index (χ1) is 12.2. The number of β-amino-alcohol motifs (C(OH)–C–C–N with tert-alkyl or cyclic N) is 1. The Bertz CT molecular complexity index is 647. The Morgan fingerprint density at radius 3 is 2.23 bits per heavy atom. The van der Waals surface area contributed by atoms with Gasteiger partial charge in [-0.1, -0.05) is 31.4 Å². The van der Waals surface area contributed by atoms with Crippen molar-refractivity contribution in [1.29, 1.82) is 0 Å². The van der Waals surface area contributed by atoms with Crippen LogP contribution in [0, 0.1) is 0 Å². The average molecular weight is 382 g/mol. The van der Waals surface area contributed by atoms with E-state index in [0.29, 0.717) is 5.75 Å². The van der Waals surface area contributed by atoms with Crippen LogP contribution in [0.4, 0.5) is 5.69 Å². The largest absolute Gasteiger partial charge is 0.391 e. The molecule has 1 aliphatic rings. The Hall–Kier alpha value is -1.07. The molecule has 1 aromatic carbocycles. The number of sulfone groups is 1. The molecule has 2 rings (SSSR count). The summed E-state index contributed by atoms with van der Waals surface area (Å²) in [4.78, 5) is 2.24. The molecule has 0 aromatic heterocycles. The standard InChI is InChI=1S/C21H35NO3S/c1-21(2,3)26(24,25)16-8-6-4-5-7-9-18-10-12-19(13-11-18)22-15-14-20(23)17-22/h10-13,20,23H,4-9,14-17H2,1-3H3. The fourth-order valence-corrected chi connectivity index (χ4v) is 4.50. The maximum absolute atomic E-state index is 12.0. The first kappa shape index (κ1) is 21.2. The number of aliphatic hydroxyl groups is 1. The van der Waals surface area contributed by atoms with Crippen molar-refractivity contribution in [1.82, 2.24) is 0 Å². The van der Waals surface area contributed by atoms with Gasteiger partial charge in [-0.25, -0.2) is 8.42 Å². The van der Waals surface area contributed by atoms with Gasteiger partial charge in [0.2, 0.25) is 0 Å². The fraction of sp³-hybridized carbons (Fsp3) is 0.714. The molecule has 4 nitrogen and oxygen atoms in total. The van der Waals surface area contributed by atoms with Crippen molar-refractivity contribution in [3.8, 4) is 0 Å². The zero-order valence-electron chi connectivity index (χ0n) is 16.6. The van der Waals surface area contributed by atoms with E-state index < -0.39 is 14.6 Å². The summed E-state index contributed by atoms with van der Waals surface area (Å²) in [5.74, 6) is 0.309. The summed E-state index contributed by atoms with van der Waals surface area (Å²) >= 11 is 0. The van der Waals surface area contributed by atoms with Crippen LogP contribution < -0.4 is 4.90 Å². The summed E-state index contributed by atoms with van der Waals surface area (Å²) in [7, 11) is -2.97. The number of hydrogen-bond acceptors (Lipinski definition) is 4. The van der Waals surface area contributed by atoms with Gasteiger partial charge >= 0.3 is 0 Å². The lowest BCUT2D eigenvalue weighted by atomic mass is 10.1. The molecule has 1 heterocycles. The zero-order chi connectivity index (χ0) is 19.2. The van der Waals surface area contributed by atoms with Crippen molar-refractivity contribution < 1.29 is 13.5 Å². The number of rotatable bonds is 9. The van der Waals surface area contributed by atoms with E-state index in [-0.39, 0.29) is 6.10 Å². The highest BCUT2D eigenvalue weighted by atomic mass is 32.2. The quantitative estimate of drug-likeness (QED) is 0.658. The second-order valence-electron chi connectivity index (χ2n) is 8.50. The molecule has 0 amide bonds. The lowest BCUT2D eigenvalue weighted by Crippen LogP contribution is -2.30. The molecular weight excluding hydrogens is 346 g/mol. The van der Waals surface area contributed by atoms with Gasteiger partial charge in [-0.2, -0.15) is 0 Å². The van der Waals surface area contributed by atoms with Crippen molar-refractivity contribution in [2.24, 2.45) is 0 Å². The van der Waals surface area contributed by atoms with Crippen LogP contribution >= 0.6 is 0 Å². The molecule has 1 aromatic rings. The van der Waals surface area contributed by atoms with Gasteiger partial charge in [0.15, 0.2) is 9.84 Å². The predicted molar refractivity (Wildman–Crippen MR) is 110 cm³/mol. The summed E-state index contributed by atoms with van der Waals surface area (Å²) in [5, 5.41) is 9.63. The van der Waals surface area contributed by atoms with Gasteiger partial charge in [0, 0.05) is 18.8 Å². The average Bonchev–Trinajstić information content (AvgIpc) is 3.00. The zero-order valence-corrected chi connectivity index (χ0v) is 17.4. The second kappa shape index (κ2) is 9.23. The molecule has 1 fully saturated rings. The molecule has 0 aliphatic carbocycles. The normalized spacial score (nSPS) is 18.5. The first-order valence-electron chi connectivity index (χ1n) is 9.93. The van der Waals surface area contributed by atoms with Crippen LogP contribution in [0.2, 0.25) is 0 Å². The highest BCUT2D eigenvalue weighted by Crippen LogP contribution is 2.22. The Morgan fingerprint density at radius 2 is 1.65 bits per heavy atom. The molecule has 5 heteroatoms. The lowest BCUT2D eigenvalue weighted by Gasteiger charge is -2.18. The fourth-order valence-electron chi connectivity index (χ4n) is 3.31. The molecule has 1 unspecified atom stereocenters. The third kappa shape index (κ3) is 6.27. The number of anilines is 1. The molecule has 26 heavy (non-hydrogen) atoms. The van der Waals surface area contributed by atoms with Crippen LogP contribution in [0.15, 0.2) is 24.3 Å². The molecule has 1 aliphatic heterocycles. The molecule has 0 bridgehead atoms. The van der Waals surface area contributed by atoms with Crippen LogP contribution in [-0.4, -0.2) is 43.2 Å². The SMILES string of the molecule is CC(C)(C)S(=O)(=O)CCCCCCCc1ccc(N2CCC(O)C2)cc1. The van der Waals surface area contributed by atoms with Gasteiger partial charge in [-0.05, 0) is 64.2 Å². The highest BCUT2D eigenvalue weighted by molar-refractivity contribution is 7.92. The summed E-state index contributed by atoms with van der Waals surface area (Å²) < 4.78 is 23.5. The minimum absolute atomic E-state index is 0.187. The third-order valence-corrected chi connectivity index (χ3v) is 7.97. The Balaban J connectivity index is 1.60. The van der Waals surface area contributed by atoms with Crippen molar-refractivity contribution in [2.45, 2.75) is 76.6 Å². The van der Waals surface area contributed by atoms with Crippen molar-refractivity contribution in [2.75, 3.05) is 23.7 Å². The van der Waals surface area contributed by atoms with E-state index in [1.54, 1.807) is 20.8 Å². The second-order valence-corrected chi connectivity index (χ2v) is 11.4. The monoisotopic (exact) mass is 381 g/mol. The molecule has 1 saturated heterocycles. The van der Waals surface area contributed by atoms with Crippen LogP contribution in [-0.2, 0) is 16.3 Å². The lowest BCUT2D eigenvalue weighted by molar-refractivity contribution is 0.198. The van der Waals surface area contributed by atoms with Crippen molar-refractivity contribution in [3.05, 3.63) is 29.8 Å². The Kier molecular flexibility index (Phi) is 7.53. The smallest absolute Gasteiger partial charge is 0.155 e. The van der Waals surface area contributed by atoms with E-state index in [2.05, 4.69) is 29.2 Å². The van der Waals surface area contributed by atoms with E-state index in [4.69, 9.17) is 0 Å². The number of unbranched alkanes of at least 4 members (excludes halogenated alkanes) is 4. The number of aliphatic hydroxyl groups excluding tert-OH is 1. The van der Waals surface area contributed by atoms with E-state index in [1.807, 2.05) is 0 Å². The van der Waals surface area contributed by atoms with Crippen molar-refractivity contribution in [3.63, 3.8) is 0 Å². The topological polar surface area (TPSA) is 57.6 Å². The minimum atomic E-state index is -2.97. The molecule has 1 N–H and O–H groups in total. The van der Waals surface area contributed by atoms with Gasteiger partial charge in [0.05, 0.1) is 16.6 Å². The van der Waals surface area contributed by atoms with Crippen LogP contribution in [0.25, 0.3) is 0 Å². The molecule has 1 atom stereocenters. The number of nitrogens with zero attached hydrogens (tertiary/aromatic N) is 1. The minimum Gasteiger partial charge on any atom is -0.391 e. The van der Waals surface area contributed by atoms with Gasteiger partial charge in [-0.15, -0.1) is 0 Å². The third-order valence-electron chi connectivity index (χ3n) is 5.28. The summed E-state index contributed by atoms with van der Waals surface area (Å²) in [6.45, 7) is 7.01. The molecular formula is C21H35NO3S. The predicted octanol–water partition coefficient (Wildman–Crippen LogP) is 3.96. The molecule has 0 saturated carbocycles. The van der Waals surface area contributed by atoms with E-state index >= 15 is 0 Å². The van der Waals surface area contributed by atoms with E-state index in [1.165, 1.54) is 11.3 Å². The van der Waals surface area contributed by atoms with Gasteiger partial charge in [0.1, 0.15) is 0 Å². The molecule has 0 radical (unpaired) electrons. The number of aryl methyl sites for hydroxylation is 1. The van der Waals surface area contributed by atoms with Gasteiger partial charge in [0.25, 0.3) is 0 Å². The van der Waals surface area contributed by atoms with Gasteiger partial charge < -0.3 is 10.0 Å².